The minimum atomic E-state index is -0.334. The third kappa shape index (κ3) is 9.84. The molecule has 0 unspecified atom stereocenters. The van der Waals surface area contributed by atoms with Crippen LogP contribution in [0.5, 0.6) is 0 Å². The van der Waals surface area contributed by atoms with E-state index in [9.17, 15) is 4.79 Å². The van der Waals surface area contributed by atoms with Crippen molar-refractivity contribution in [2.24, 2.45) is 4.99 Å². The summed E-state index contributed by atoms with van der Waals surface area (Å²) in [6, 6.07) is 15.7. The van der Waals surface area contributed by atoms with Crippen LogP contribution in [0.1, 0.15) is 48.7 Å². The fourth-order valence-corrected chi connectivity index (χ4v) is 3.83. The predicted molar refractivity (Wildman–Crippen MR) is 165 cm³/mol. The smallest absolute Gasteiger partial charge is 0.340 e. The number of aliphatic imine (C=N–C) groups is 1. The molecule has 8 heteroatoms. The second-order valence-corrected chi connectivity index (χ2v) is 8.99. The Bertz CT molecular complexity index is 1240. The van der Waals surface area contributed by atoms with Crippen LogP contribution in [-0.2, 0) is 9.47 Å². The number of nitriles is 1. The lowest BCUT2D eigenvalue weighted by atomic mass is 10.0. The lowest BCUT2D eigenvalue weighted by Gasteiger charge is -2.30. The van der Waals surface area contributed by atoms with Gasteiger partial charge in [0.2, 0.25) is 0 Å². The van der Waals surface area contributed by atoms with E-state index in [0.717, 1.165) is 53.3 Å². The zero-order valence-electron chi connectivity index (χ0n) is 24.1. The number of anilines is 2. The van der Waals surface area contributed by atoms with Crippen molar-refractivity contribution in [1.82, 2.24) is 5.32 Å². The number of allylic oxidation sites excluding steroid dienone is 2. The molecule has 0 amide bonds. The molecular weight excluding hydrogens is 502 g/mol. The highest BCUT2D eigenvalue weighted by Crippen LogP contribution is 2.27. The fraction of sp³-hybridized carbons (Fsp3) is 0.344. The SMILES string of the molecule is C=Cc1ccc(C(=N/C(=C)Nc2ccc(N3CCOCC3)c(C(=O)OCCC)c2)/C(C)=C\C)cc1.CNCC#N. The van der Waals surface area contributed by atoms with Crippen LogP contribution in [0, 0.1) is 11.3 Å². The summed E-state index contributed by atoms with van der Waals surface area (Å²) in [5.41, 5.74) is 5.98. The first-order chi connectivity index (χ1) is 19.4. The average molecular weight is 544 g/mol. The van der Waals surface area contributed by atoms with E-state index in [4.69, 9.17) is 19.7 Å². The Kier molecular flexibility index (Phi) is 13.9. The van der Waals surface area contributed by atoms with E-state index in [1.807, 2.05) is 81.5 Å². The van der Waals surface area contributed by atoms with Gasteiger partial charge in [0.15, 0.2) is 0 Å². The van der Waals surface area contributed by atoms with Crippen molar-refractivity contribution in [1.29, 1.82) is 5.26 Å². The predicted octanol–water partition coefficient (Wildman–Crippen LogP) is 5.80. The number of nitrogens with one attached hydrogen (secondary N) is 2. The molecular formula is C32H41N5O3. The van der Waals surface area contributed by atoms with Gasteiger partial charge in [-0.1, -0.05) is 56.5 Å². The second kappa shape index (κ2) is 17.4. The summed E-state index contributed by atoms with van der Waals surface area (Å²) in [7, 11) is 1.74. The summed E-state index contributed by atoms with van der Waals surface area (Å²) in [6.07, 6.45) is 4.60. The number of hydrogen-bond donors (Lipinski definition) is 2. The number of nitrogens with zero attached hydrogens (tertiary/aromatic N) is 3. The summed E-state index contributed by atoms with van der Waals surface area (Å²) < 4.78 is 10.9. The van der Waals surface area contributed by atoms with E-state index in [1.54, 1.807) is 7.05 Å². The van der Waals surface area contributed by atoms with E-state index in [1.165, 1.54) is 0 Å². The lowest BCUT2D eigenvalue weighted by molar-refractivity contribution is 0.0505. The van der Waals surface area contributed by atoms with Crippen LogP contribution in [0.3, 0.4) is 0 Å². The van der Waals surface area contributed by atoms with Crippen LogP contribution in [0.15, 0.2) is 78.1 Å². The summed E-state index contributed by atoms with van der Waals surface area (Å²) in [5.74, 6) is 0.139. The van der Waals surface area contributed by atoms with Gasteiger partial charge in [-0.05, 0) is 56.7 Å². The molecule has 1 fully saturated rings. The van der Waals surface area contributed by atoms with Crippen LogP contribution < -0.4 is 15.5 Å². The van der Waals surface area contributed by atoms with Crippen LogP contribution >= 0.6 is 0 Å². The third-order valence-electron chi connectivity index (χ3n) is 6.02. The van der Waals surface area contributed by atoms with Gasteiger partial charge in [-0.2, -0.15) is 5.26 Å². The van der Waals surface area contributed by atoms with Crippen molar-refractivity contribution in [3.8, 4) is 6.07 Å². The molecule has 0 aromatic heterocycles. The average Bonchev–Trinajstić information content (AvgIpc) is 2.99. The van der Waals surface area contributed by atoms with E-state index in [-0.39, 0.29) is 5.97 Å². The first kappa shape index (κ1) is 32.0. The molecule has 1 aliphatic heterocycles. The molecule has 1 heterocycles. The quantitative estimate of drug-likeness (QED) is 0.210. The summed E-state index contributed by atoms with van der Waals surface area (Å²) >= 11 is 0. The Morgan fingerprint density at radius 2 is 1.93 bits per heavy atom. The number of benzene rings is 2. The number of morpholine rings is 1. The number of esters is 1. The minimum Gasteiger partial charge on any atom is -0.462 e. The second-order valence-electron chi connectivity index (χ2n) is 8.99. The maximum absolute atomic E-state index is 12.9. The van der Waals surface area contributed by atoms with Gasteiger partial charge in [0, 0.05) is 24.3 Å². The standard InChI is InChI=1S/C29H35N3O3.C3H6N2/c1-6-17-35-29(33)26-20-25(13-14-27(26)32-15-18-34-19-16-32)30-22(5)31-28(21(4)7-2)24-11-9-23(8-3)10-12-24;1-5-3-2-4/h7-14,20,30H,3,5-6,15-19H2,1-2,4H3;5H,3H2,1H3/b21-7-,31-28+;. The highest BCUT2D eigenvalue weighted by atomic mass is 16.5. The minimum absolute atomic E-state index is 0.334. The Labute approximate surface area is 238 Å². The maximum Gasteiger partial charge on any atom is 0.340 e. The molecule has 0 radical (unpaired) electrons. The molecule has 3 rings (SSSR count). The molecule has 0 saturated carbocycles. The zero-order valence-corrected chi connectivity index (χ0v) is 24.1. The zero-order chi connectivity index (χ0) is 29.3. The molecule has 1 aliphatic rings. The molecule has 2 aromatic carbocycles. The summed E-state index contributed by atoms with van der Waals surface area (Å²) in [6.45, 7) is 17.5. The largest absolute Gasteiger partial charge is 0.462 e. The monoisotopic (exact) mass is 543 g/mol. The van der Waals surface area contributed by atoms with Crippen molar-refractivity contribution in [2.45, 2.75) is 27.2 Å². The third-order valence-corrected chi connectivity index (χ3v) is 6.02. The molecule has 0 atom stereocenters. The van der Waals surface area contributed by atoms with Gasteiger partial charge in [-0.3, -0.25) is 0 Å². The van der Waals surface area contributed by atoms with Gasteiger partial charge in [0.25, 0.3) is 0 Å². The molecule has 8 nitrogen and oxygen atoms in total. The van der Waals surface area contributed by atoms with Gasteiger partial charge < -0.3 is 25.0 Å². The van der Waals surface area contributed by atoms with Gasteiger partial charge in [-0.15, -0.1) is 0 Å². The van der Waals surface area contributed by atoms with Gasteiger partial charge in [0.05, 0.1) is 49.4 Å². The van der Waals surface area contributed by atoms with Crippen molar-refractivity contribution >= 4 is 29.1 Å². The maximum atomic E-state index is 12.9. The van der Waals surface area contributed by atoms with Crippen molar-refractivity contribution in [3.05, 3.63) is 89.8 Å². The van der Waals surface area contributed by atoms with Gasteiger partial charge in [0.1, 0.15) is 5.82 Å². The van der Waals surface area contributed by atoms with E-state index in [0.29, 0.717) is 37.7 Å². The topological polar surface area (TPSA) is 99.0 Å². The van der Waals surface area contributed by atoms with Crippen molar-refractivity contribution in [2.75, 3.05) is 56.7 Å². The highest BCUT2D eigenvalue weighted by Gasteiger charge is 2.20. The number of rotatable bonds is 11. The molecule has 2 aromatic rings. The number of carbonyl (C=O) groups is 1. The number of carbonyl (C=O) groups excluding carboxylic acids is 1. The van der Waals surface area contributed by atoms with E-state index >= 15 is 0 Å². The first-order valence-electron chi connectivity index (χ1n) is 13.4. The van der Waals surface area contributed by atoms with Crippen LogP contribution in [0.2, 0.25) is 0 Å². The Balaban J connectivity index is 0.00000103. The normalized spacial score (nSPS) is 13.4. The van der Waals surface area contributed by atoms with Crippen LogP contribution in [0.25, 0.3) is 6.08 Å². The molecule has 2 N–H and O–H groups in total. The van der Waals surface area contributed by atoms with E-state index < -0.39 is 0 Å². The van der Waals surface area contributed by atoms with Crippen LogP contribution in [0.4, 0.5) is 11.4 Å². The Morgan fingerprint density at radius 1 is 1.23 bits per heavy atom. The molecule has 0 bridgehead atoms. The molecule has 0 aliphatic carbocycles. The number of hydrogen-bond acceptors (Lipinski definition) is 8. The molecule has 40 heavy (non-hydrogen) atoms. The molecule has 212 valence electrons. The van der Waals surface area contributed by atoms with Crippen LogP contribution in [-0.4, -0.2) is 58.2 Å². The molecule has 0 spiro atoms. The lowest BCUT2D eigenvalue weighted by Crippen LogP contribution is -2.37. The summed E-state index contributed by atoms with van der Waals surface area (Å²) in [5, 5.41) is 13.7. The molecule has 1 saturated heterocycles. The van der Waals surface area contributed by atoms with Crippen molar-refractivity contribution < 1.29 is 14.3 Å². The van der Waals surface area contributed by atoms with E-state index in [2.05, 4.69) is 28.7 Å². The Morgan fingerprint density at radius 3 is 2.48 bits per heavy atom. The van der Waals surface area contributed by atoms with Crippen molar-refractivity contribution in [3.63, 3.8) is 0 Å². The fourth-order valence-electron chi connectivity index (χ4n) is 3.83. The first-order valence-corrected chi connectivity index (χ1v) is 13.4. The summed E-state index contributed by atoms with van der Waals surface area (Å²) in [4.78, 5) is 19.8. The number of ether oxygens (including phenoxy) is 2. The Hall–Kier alpha value is -4.19. The van der Waals surface area contributed by atoms with Gasteiger partial charge >= 0.3 is 5.97 Å². The van der Waals surface area contributed by atoms with Gasteiger partial charge in [-0.25, -0.2) is 9.79 Å². The highest BCUT2D eigenvalue weighted by molar-refractivity contribution is 6.12.